The predicted octanol–water partition coefficient (Wildman–Crippen LogP) is 7.49. The number of carbonyl (C=O) groups is 6. The van der Waals surface area contributed by atoms with E-state index in [1.54, 1.807) is 40.8 Å². The number of guanidine groups is 1. The quantitative estimate of drug-likeness (QED) is 0.0148. The normalized spacial score (nSPS) is 15.8. The molecule has 1 aromatic heterocycles. The van der Waals surface area contributed by atoms with Crippen LogP contribution in [-0.4, -0.2) is 109 Å². The van der Waals surface area contributed by atoms with Gasteiger partial charge in [0.25, 0.3) is 10.0 Å². The van der Waals surface area contributed by atoms with Gasteiger partial charge in [-0.15, -0.1) is 0 Å². The zero-order chi connectivity index (χ0) is 61.4. The molecule has 0 unspecified atom stereocenters. The number of aliphatic imine (C=N–C) groups is 1. The van der Waals surface area contributed by atoms with E-state index >= 15 is 0 Å². The zero-order valence-corrected chi connectivity index (χ0v) is 50.8. The summed E-state index contributed by atoms with van der Waals surface area (Å²) in [5.74, 6) is -4.96. The number of aliphatic carboxylic acids is 1. The summed E-state index contributed by atoms with van der Waals surface area (Å²) in [6.07, 6.45) is 2.01. The lowest BCUT2D eigenvalue weighted by Crippen LogP contribution is -2.60. The summed E-state index contributed by atoms with van der Waals surface area (Å²) in [5, 5.41) is 24.8. The van der Waals surface area contributed by atoms with Crippen molar-refractivity contribution in [2.45, 2.75) is 168 Å². The average molecular weight is 1170 g/mol. The minimum Gasteiger partial charge on any atom is -0.487 e. The Morgan fingerprint density at radius 3 is 1.95 bits per heavy atom. The minimum atomic E-state index is -4.24. The molecule has 0 radical (unpaired) electrons. The second-order valence-electron chi connectivity index (χ2n) is 23.8. The van der Waals surface area contributed by atoms with Crippen molar-refractivity contribution in [3.63, 3.8) is 0 Å². The molecule has 5 amide bonds. The van der Waals surface area contributed by atoms with Gasteiger partial charge in [-0.25, -0.2) is 22.7 Å². The van der Waals surface area contributed by atoms with Gasteiger partial charge in [-0.05, 0) is 129 Å². The Morgan fingerprint density at radius 1 is 0.750 bits per heavy atom. The fourth-order valence-electron chi connectivity index (χ4n) is 11.3. The lowest BCUT2D eigenvalue weighted by Gasteiger charge is -2.29. The SMILES string of the molecule is CC[C@H](C)[C@H](NC(=O)[C@H](Cc1c[nH]c2ccccc12)NC(=O)[C@H](CC(C)C)NC(=O)OCC1c2ccccc2-c2ccccc21)C(=O)N[C@@H](CCCN=C(N)NS(=O)(=O)c1c(C)c(C)c2c(c1C)CC(C)(C)O2)C(=O)N[C@@H](CC(C)C)C(=O)O. The molecule has 7 rings (SSSR count). The molecule has 0 spiro atoms. The van der Waals surface area contributed by atoms with Crippen LogP contribution in [0.15, 0.2) is 88.9 Å². The Bertz CT molecular complexity index is 3360. The maximum atomic E-state index is 14.9. The summed E-state index contributed by atoms with van der Waals surface area (Å²) in [4.78, 5) is 91.9. The number of nitrogens with zero attached hydrogens (tertiary/aromatic N) is 1. The third kappa shape index (κ3) is 15.2. The standard InChI is InChI=1S/C63H83N9O11S/c1-12-36(6)53(59(76)67-49(56(73)69-52(60(77)78)29-35(4)5)26-19-27-65-61(64)72-84(80,81)55-38(8)37(7)54-46(39(55)9)31-63(10,11)83-54)71-58(75)51(30-40-32-66-48-25-18-17-20-41(40)48)68-57(74)50(28-34(2)3)70-62(79)82-33-47-44-23-15-13-21-42(44)43-22-14-16-24-45(43)47/h13-18,20-25,32,34-36,47,49-53,66H,12,19,26-31,33H2,1-11H3,(H,67,76)(H,68,74)(H,69,73)(H,70,79)(H,71,75)(H,77,78)(H3,64,65,72)/t36-,49-,50-,51-,52-,53-/m0/s1. The van der Waals surface area contributed by atoms with E-state index in [9.17, 15) is 42.3 Å². The number of hydrogen-bond acceptors (Lipinski definition) is 11. The van der Waals surface area contributed by atoms with Crippen LogP contribution in [0.4, 0.5) is 4.79 Å². The van der Waals surface area contributed by atoms with Crippen LogP contribution in [0.3, 0.4) is 0 Å². The van der Waals surface area contributed by atoms with Crippen LogP contribution in [-0.2, 0) is 51.6 Å². The van der Waals surface area contributed by atoms with Crippen LogP contribution in [0.5, 0.6) is 5.75 Å². The molecule has 0 bridgehead atoms. The summed E-state index contributed by atoms with van der Waals surface area (Å²) >= 11 is 0. The summed E-state index contributed by atoms with van der Waals surface area (Å²) in [6.45, 7) is 20.0. The van der Waals surface area contributed by atoms with E-state index in [4.69, 9.17) is 15.2 Å². The van der Waals surface area contributed by atoms with Crippen LogP contribution in [0.25, 0.3) is 22.0 Å². The number of carboxylic acid groups (broad SMARTS) is 1. The predicted molar refractivity (Wildman–Crippen MR) is 323 cm³/mol. The van der Waals surface area contributed by atoms with Gasteiger partial charge >= 0.3 is 12.1 Å². The Balaban J connectivity index is 1.08. The molecule has 0 fully saturated rings. The highest BCUT2D eigenvalue weighted by atomic mass is 32.2. The smallest absolute Gasteiger partial charge is 0.407 e. The van der Waals surface area contributed by atoms with Gasteiger partial charge in [-0.2, -0.15) is 0 Å². The number of sulfonamides is 1. The van der Waals surface area contributed by atoms with Crippen molar-refractivity contribution in [1.82, 2.24) is 36.3 Å². The van der Waals surface area contributed by atoms with Gasteiger partial charge in [-0.3, -0.25) is 24.2 Å². The summed E-state index contributed by atoms with van der Waals surface area (Å²) in [7, 11) is -4.24. The number of carboxylic acids is 1. The maximum Gasteiger partial charge on any atom is 0.407 e. The molecule has 2 aliphatic rings. The second kappa shape index (κ2) is 27.2. The molecule has 0 saturated heterocycles. The molecular formula is C63H83N9O11S. The lowest BCUT2D eigenvalue weighted by molar-refractivity contribution is -0.143. The Hall–Kier alpha value is -7.94. The highest BCUT2D eigenvalue weighted by Gasteiger charge is 2.39. The lowest BCUT2D eigenvalue weighted by atomic mass is 9.94. The molecule has 1 aliphatic carbocycles. The molecule has 1 aliphatic heterocycles. The van der Waals surface area contributed by atoms with Crippen LogP contribution in [0.2, 0.25) is 0 Å². The summed E-state index contributed by atoms with van der Waals surface area (Å²) in [5.41, 5.74) is 13.9. The topological polar surface area (TPSA) is 302 Å². The third-order valence-electron chi connectivity index (χ3n) is 15.9. The molecule has 4 aromatic carbocycles. The zero-order valence-electron chi connectivity index (χ0n) is 50.0. The number of H-pyrrole nitrogens is 1. The first kappa shape index (κ1) is 63.6. The third-order valence-corrected chi connectivity index (χ3v) is 17.5. The Kier molecular flexibility index (Phi) is 20.6. The van der Waals surface area contributed by atoms with E-state index < -0.39 is 93.4 Å². The van der Waals surface area contributed by atoms with E-state index in [0.717, 1.165) is 38.7 Å². The van der Waals surface area contributed by atoms with Gasteiger partial charge in [0.05, 0.1) is 4.90 Å². The highest BCUT2D eigenvalue weighted by Crippen LogP contribution is 2.45. The van der Waals surface area contributed by atoms with E-state index in [0.29, 0.717) is 40.8 Å². The van der Waals surface area contributed by atoms with Gasteiger partial charge in [0.1, 0.15) is 48.2 Å². The van der Waals surface area contributed by atoms with E-state index in [-0.39, 0.29) is 67.9 Å². The number of fused-ring (bicyclic) bond motifs is 5. The van der Waals surface area contributed by atoms with E-state index in [1.165, 1.54) is 0 Å². The van der Waals surface area contributed by atoms with Crippen molar-refractivity contribution >= 4 is 62.6 Å². The Morgan fingerprint density at radius 2 is 1.32 bits per heavy atom. The van der Waals surface area contributed by atoms with Crippen molar-refractivity contribution in [2.75, 3.05) is 13.2 Å². The number of aromatic amines is 1. The molecule has 2 heterocycles. The van der Waals surface area contributed by atoms with E-state index in [1.807, 2.05) is 114 Å². The highest BCUT2D eigenvalue weighted by molar-refractivity contribution is 7.90. The van der Waals surface area contributed by atoms with Crippen molar-refractivity contribution in [1.29, 1.82) is 0 Å². The van der Waals surface area contributed by atoms with Gasteiger partial charge in [0, 0.05) is 48.0 Å². The van der Waals surface area contributed by atoms with Crippen molar-refractivity contribution in [3.05, 3.63) is 118 Å². The van der Waals surface area contributed by atoms with Crippen LogP contribution in [0.1, 0.15) is 132 Å². The molecule has 20 nitrogen and oxygen atoms in total. The first-order chi connectivity index (χ1) is 39.7. The number of alkyl carbamates (subject to hydrolysis) is 1. The number of nitrogens with one attached hydrogen (secondary N) is 7. The Labute approximate surface area is 492 Å². The van der Waals surface area contributed by atoms with Gasteiger partial charge in [0.15, 0.2) is 0 Å². The van der Waals surface area contributed by atoms with Gasteiger partial charge < -0.3 is 51.9 Å². The minimum absolute atomic E-state index is 0.0131. The van der Waals surface area contributed by atoms with Gasteiger partial charge in [-0.1, -0.05) is 115 Å². The van der Waals surface area contributed by atoms with Crippen molar-refractivity contribution < 1.29 is 51.8 Å². The number of carbonyl (C=O) groups excluding carboxylic acids is 5. The first-order valence-corrected chi connectivity index (χ1v) is 30.4. The average Bonchev–Trinajstić information content (AvgIpc) is 2.10. The van der Waals surface area contributed by atoms with Crippen molar-refractivity contribution in [2.24, 2.45) is 28.5 Å². The first-order valence-electron chi connectivity index (χ1n) is 28.9. The number of para-hydroxylation sites is 1. The van der Waals surface area contributed by atoms with Crippen LogP contribution >= 0.6 is 0 Å². The van der Waals surface area contributed by atoms with Crippen molar-refractivity contribution in [3.8, 4) is 16.9 Å². The number of benzene rings is 4. The largest absolute Gasteiger partial charge is 0.487 e. The number of ether oxygens (including phenoxy) is 2. The number of amides is 5. The number of rotatable bonds is 26. The summed E-state index contributed by atoms with van der Waals surface area (Å²) < 4.78 is 42.2. The molecule has 0 saturated carbocycles. The van der Waals surface area contributed by atoms with Crippen LogP contribution < -0.4 is 41.8 Å². The summed E-state index contributed by atoms with van der Waals surface area (Å²) in [6, 6.07) is 17.0. The molecule has 452 valence electrons. The molecule has 5 aromatic rings. The molecular weight excluding hydrogens is 1090 g/mol. The van der Waals surface area contributed by atoms with Gasteiger partial charge in [0.2, 0.25) is 29.6 Å². The molecule has 84 heavy (non-hydrogen) atoms. The molecule has 21 heteroatoms. The maximum absolute atomic E-state index is 14.9. The molecule has 10 N–H and O–H groups in total. The fraction of sp³-hybridized carbons (Fsp3) is 0.476. The fourth-order valence-corrected chi connectivity index (χ4v) is 12.8. The number of aromatic nitrogens is 1. The number of nitrogens with two attached hydrogens (primary N) is 1. The molecule has 6 atom stereocenters. The second-order valence-corrected chi connectivity index (χ2v) is 25.4. The monoisotopic (exact) mass is 1170 g/mol. The number of hydrogen-bond donors (Lipinski definition) is 9. The van der Waals surface area contributed by atoms with E-state index in [2.05, 4.69) is 41.3 Å². The van der Waals surface area contributed by atoms with Crippen LogP contribution in [0, 0.1) is 38.5 Å².